The Morgan fingerprint density at radius 2 is 1.93 bits per heavy atom. The van der Waals surface area contributed by atoms with Crippen LogP contribution in [0.3, 0.4) is 0 Å². The molecule has 2 rings (SSSR count). The summed E-state index contributed by atoms with van der Waals surface area (Å²) in [5.74, 6) is 0. The fourth-order valence-electron chi connectivity index (χ4n) is 1.49. The summed E-state index contributed by atoms with van der Waals surface area (Å²) >= 11 is 0. The molecular formula is C12H14O2. The minimum atomic E-state index is -0.838. The largest absolute Gasteiger partial charge is 0.380 e. The summed E-state index contributed by atoms with van der Waals surface area (Å²) < 4.78 is 4.99. The molecule has 1 fully saturated rings. The highest BCUT2D eigenvalue weighted by Crippen LogP contribution is 2.31. The van der Waals surface area contributed by atoms with Crippen LogP contribution >= 0.6 is 0 Å². The summed E-state index contributed by atoms with van der Waals surface area (Å²) in [4.78, 5) is 0. The average molecular weight is 190 g/mol. The second-order valence-corrected chi connectivity index (χ2v) is 3.87. The van der Waals surface area contributed by atoms with Crippen LogP contribution in [-0.4, -0.2) is 23.9 Å². The molecule has 2 nitrogen and oxygen atoms in total. The Bertz CT molecular complexity index is 347. The van der Waals surface area contributed by atoms with E-state index in [1.54, 1.807) is 0 Å². The van der Waals surface area contributed by atoms with E-state index in [0.717, 1.165) is 11.1 Å². The molecule has 0 atom stereocenters. The van der Waals surface area contributed by atoms with Gasteiger partial charge in [0.15, 0.2) is 0 Å². The van der Waals surface area contributed by atoms with Gasteiger partial charge in [-0.2, -0.15) is 0 Å². The first-order chi connectivity index (χ1) is 6.62. The number of hydrogen-bond donors (Lipinski definition) is 1. The lowest BCUT2D eigenvalue weighted by Gasteiger charge is -2.38. The molecule has 1 N–H and O–H groups in total. The molecule has 0 spiro atoms. The van der Waals surface area contributed by atoms with Crippen LogP contribution in [0.15, 0.2) is 30.8 Å². The first-order valence-electron chi connectivity index (χ1n) is 4.68. The summed E-state index contributed by atoms with van der Waals surface area (Å²) in [5.41, 5.74) is 2.11. The van der Waals surface area contributed by atoms with Crippen molar-refractivity contribution >= 4 is 5.57 Å². The molecule has 0 unspecified atom stereocenters. The lowest BCUT2D eigenvalue weighted by Crippen LogP contribution is -2.50. The Morgan fingerprint density at radius 1 is 1.36 bits per heavy atom. The summed E-state index contributed by atoms with van der Waals surface area (Å²) in [6.07, 6.45) is 0. The van der Waals surface area contributed by atoms with Gasteiger partial charge in [-0.1, -0.05) is 36.4 Å². The number of hydrogen-bond acceptors (Lipinski definition) is 2. The minimum absolute atomic E-state index is 0.361. The average Bonchev–Trinajstić information content (AvgIpc) is 2.14. The molecule has 0 saturated carbocycles. The van der Waals surface area contributed by atoms with Crippen LogP contribution in [0.25, 0.3) is 5.57 Å². The Labute approximate surface area is 83.8 Å². The zero-order valence-electron chi connectivity index (χ0n) is 8.29. The first-order valence-corrected chi connectivity index (χ1v) is 4.68. The van der Waals surface area contributed by atoms with E-state index in [-0.39, 0.29) is 0 Å². The third-order valence-electron chi connectivity index (χ3n) is 2.64. The van der Waals surface area contributed by atoms with Gasteiger partial charge in [0.2, 0.25) is 0 Å². The molecule has 1 aromatic carbocycles. The summed E-state index contributed by atoms with van der Waals surface area (Å²) in [7, 11) is 0. The fraction of sp³-hybridized carbons (Fsp3) is 0.333. The van der Waals surface area contributed by atoms with Crippen molar-refractivity contribution in [3.63, 3.8) is 0 Å². The molecule has 0 aromatic heterocycles. The standard InChI is InChI=1S/C12H14O2/c1-9-3-5-11(6-4-9)10(2)12(13)7-14-8-12/h3-6,13H,2,7-8H2,1H3. The lowest BCUT2D eigenvalue weighted by molar-refractivity contribution is -0.140. The van der Waals surface area contributed by atoms with E-state index in [4.69, 9.17) is 4.74 Å². The van der Waals surface area contributed by atoms with Gasteiger partial charge >= 0.3 is 0 Å². The fourth-order valence-corrected chi connectivity index (χ4v) is 1.49. The lowest BCUT2D eigenvalue weighted by atomic mass is 9.87. The molecule has 1 saturated heterocycles. The highest BCUT2D eigenvalue weighted by atomic mass is 16.5. The van der Waals surface area contributed by atoms with Crippen molar-refractivity contribution in [3.8, 4) is 0 Å². The smallest absolute Gasteiger partial charge is 0.136 e. The Morgan fingerprint density at radius 3 is 2.36 bits per heavy atom. The highest BCUT2D eigenvalue weighted by molar-refractivity contribution is 5.71. The van der Waals surface area contributed by atoms with Gasteiger partial charge in [0.1, 0.15) is 5.60 Å². The highest BCUT2D eigenvalue weighted by Gasteiger charge is 2.39. The van der Waals surface area contributed by atoms with Gasteiger partial charge in [-0.3, -0.25) is 0 Å². The van der Waals surface area contributed by atoms with E-state index >= 15 is 0 Å². The van der Waals surface area contributed by atoms with Crippen LogP contribution in [0, 0.1) is 6.92 Å². The zero-order valence-corrected chi connectivity index (χ0v) is 8.29. The molecule has 74 valence electrons. The summed E-state index contributed by atoms with van der Waals surface area (Å²) in [6, 6.07) is 7.99. The van der Waals surface area contributed by atoms with Crippen LogP contribution in [-0.2, 0) is 4.74 Å². The van der Waals surface area contributed by atoms with Crippen molar-refractivity contribution in [1.29, 1.82) is 0 Å². The number of aryl methyl sites for hydroxylation is 1. The second-order valence-electron chi connectivity index (χ2n) is 3.87. The predicted octanol–water partition coefficient (Wildman–Crippen LogP) is 1.77. The van der Waals surface area contributed by atoms with Gasteiger partial charge in [0.25, 0.3) is 0 Å². The van der Waals surface area contributed by atoms with Crippen molar-refractivity contribution in [3.05, 3.63) is 42.0 Å². The van der Waals surface area contributed by atoms with Crippen LogP contribution in [0.5, 0.6) is 0 Å². The van der Waals surface area contributed by atoms with Crippen LogP contribution in [0.2, 0.25) is 0 Å². The van der Waals surface area contributed by atoms with E-state index in [1.165, 1.54) is 5.56 Å². The third-order valence-corrected chi connectivity index (χ3v) is 2.64. The summed E-state index contributed by atoms with van der Waals surface area (Å²) in [6.45, 7) is 6.68. The Hall–Kier alpha value is -1.12. The third kappa shape index (κ3) is 1.47. The van der Waals surface area contributed by atoms with E-state index in [9.17, 15) is 5.11 Å². The molecular weight excluding hydrogens is 176 g/mol. The Balaban J connectivity index is 2.23. The number of ether oxygens (including phenoxy) is 1. The van der Waals surface area contributed by atoms with Crippen molar-refractivity contribution in [2.75, 3.05) is 13.2 Å². The van der Waals surface area contributed by atoms with Gasteiger partial charge in [0, 0.05) is 0 Å². The van der Waals surface area contributed by atoms with Crippen LogP contribution in [0.4, 0.5) is 0 Å². The van der Waals surface area contributed by atoms with Crippen molar-refractivity contribution in [1.82, 2.24) is 0 Å². The maximum atomic E-state index is 9.98. The van der Waals surface area contributed by atoms with Crippen LogP contribution in [0.1, 0.15) is 11.1 Å². The minimum Gasteiger partial charge on any atom is -0.380 e. The van der Waals surface area contributed by atoms with E-state index in [0.29, 0.717) is 13.2 Å². The molecule has 0 bridgehead atoms. The van der Waals surface area contributed by atoms with Gasteiger partial charge in [-0.15, -0.1) is 0 Å². The molecule has 1 aromatic rings. The summed E-state index contributed by atoms with van der Waals surface area (Å²) in [5, 5.41) is 9.98. The Kier molecular flexibility index (Phi) is 2.17. The molecule has 14 heavy (non-hydrogen) atoms. The molecule has 1 heterocycles. The molecule has 0 amide bonds. The quantitative estimate of drug-likeness (QED) is 0.770. The second kappa shape index (κ2) is 3.23. The SMILES string of the molecule is C=C(c1ccc(C)cc1)C1(O)COC1. The maximum absolute atomic E-state index is 9.98. The van der Waals surface area contributed by atoms with Crippen molar-refractivity contribution < 1.29 is 9.84 Å². The van der Waals surface area contributed by atoms with E-state index in [2.05, 4.69) is 6.58 Å². The number of rotatable bonds is 2. The topological polar surface area (TPSA) is 29.5 Å². The number of aliphatic hydroxyl groups is 1. The predicted molar refractivity (Wildman–Crippen MR) is 56.0 cm³/mol. The molecule has 0 radical (unpaired) electrons. The van der Waals surface area contributed by atoms with Gasteiger partial charge in [-0.05, 0) is 18.1 Å². The van der Waals surface area contributed by atoms with E-state index < -0.39 is 5.60 Å². The molecule has 1 aliphatic heterocycles. The number of benzene rings is 1. The van der Waals surface area contributed by atoms with Crippen molar-refractivity contribution in [2.45, 2.75) is 12.5 Å². The van der Waals surface area contributed by atoms with Crippen LogP contribution < -0.4 is 0 Å². The van der Waals surface area contributed by atoms with Crippen molar-refractivity contribution in [2.24, 2.45) is 0 Å². The molecule has 2 heteroatoms. The zero-order chi connectivity index (χ0) is 10.2. The first kappa shape index (κ1) is 9.44. The van der Waals surface area contributed by atoms with Gasteiger partial charge in [0.05, 0.1) is 13.2 Å². The molecule has 1 aliphatic rings. The molecule has 0 aliphatic carbocycles. The monoisotopic (exact) mass is 190 g/mol. The normalized spacial score (nSPS) is 18.7. The van der Waals surface area contributed by atoms with E-state index in [1.807, 2.05) is 31.2 Å². The van der Waals surface area contributed by atoms with Gasteiger partial charge < -0.3 is 9.84 Å². The maximum Gasteiger partial charge on any atom is 0.136 e. The van der Waals surface area contributed by atoms with Gasteiger partial charge in [-0.25, -0.2) is 0 Å².